The van der Waals surface area contributed by atoms with Crippen LogP contribution in [0.1, 0.15) is 64.9 Å². The molecule has 0 unspecified atom stereocenters. The monoisotopic (exact) mass is 442 g/mol. The third-order valence-electron chi connectivity index (χ3n) is 6.37. The Bertz CT molecular complexity index is 1170. The predicted molar refractivity (Wildman–Crippen MR) is 122 cm³/mol. The Morgan fingerprint density at radius 3 is 2.79 bits per heavy atom. The molecule has 1 atom stereocenters. The second-order valence-corrected chi connectivity index (χ2v) is 8.52. The van der Waals surface area contributed by atoms with Crippen molar-refractivity contribution >= 4 is 17.6 Å². The van der Waals surface area contributed by atoms with Crippen molar-refractivity contribution in [1.82, 2.24) is 24.8 Å². The minimum absolute atomic E-state index is 0.0316. The van der Waals surface area contributed by atoms with Crippen molar-refractivity contribution in [2.75, 3.05) is 11.4 Å². The average molecular weight is 443 g/mol. The van der Waals surface area contributed by atoms with Crippen LogP contribution in [0.2, 0.25) is 0 Å². The molecule has 168 valence electrons. The van der Waals surface area contributed by atoms with E-state index in [9.17, 15) is 9.59 Å². The fourth-order valence-corrected chi connectivity index (χ4v) is 4.67. The predicted octanol–water partition coefficient (Wildman–Crippen LogP) is 3.42. The van der Waals surface area contributed by atoms with Gasteiger partial charge >= 0.3 is 0 Å². The molecule has 0 aliphatic carbocycles. The Labute approximate surface area is 192 Å². The third kappa shape index (κ3) is 4.20. The van der Waals surface area contributed by atoms with Gasteiger partial charge in [0.25, 0.3) is 5.91 Å². The number of likely N-dealkylation sites (tertiary alicyclic amines) is 1. The van der Waals surface area contributed by atoms with Crippen molar-refractivity contribution in [3.63, 3.8) is 0 Å². The number of rotatable bonds is 4. The zero-order valence-electron chi connectivity index (χ0n) is 18.6. The maximum Gasteiger partial charge on any atom is 0.256 e. The molecule has 2 aliphatic heterocycles. The zero-order chi connectivity index (χ0) is 22.8. The second-order valence-electron chi connectivity index (χ2n) is 8.52. The van der Waals surface area contributed by atoms with Crippen molar-refractivity contribution in [3.05, 3.63) is 77.3 Å². The quantitative estimate of drug-likeness (QED) is 0.615. The second kappa shape index (κ2) is 9.05. The normalized spacial score (nSPS) is 18.2. The maximum atomic E-state index is 13.3. The van der Waals surface area contributed by atoms with Crippen LogP contribution in [0.5, 0.6) is 0 Å². The first-order valence-corrected chi connectivity index (χ1v) is 11.4. The van der Waals surface area contributed by atoms with Crippen LogP contribution in [-0.4, -0.2) is 43.2 Å². The number of aromatic nitrogens is 4. The molecule has 0 N–H and O–H groups in total. The zero-order valence-corrected chi connectivity index (χ0v) is 18.6. The van der Waals surface area contributed by atoms with Crippen molar-refractivity contribution in [3.8, 4) is 0 Å². The Hall–Kier alpha value is -3.68. The summed E-state index contributed by atoms with van der Waals surface area (Å²) in [6.07, 6.45) is 8.77. The molecule has 5 heterocycles. The number of piperidine rings is 1. The number of carbonyl (C=O) groups is 2. The highest BCUT2D eigenvalue weighted by atomic mass is 16.2. The summed E-state index contributed by atoms with van der Waals surface area (Å²) in [6.45, 7) is 2.98. The Morgan fingerprint density at radius 1 is 1.09 bits per heavy atom. The molecule has 0 aromatic carbocycles. The molecule has 3 aromatic rings. The van der Waals surface area contributed by atoms with Gasteiger partial charge in [-0.25, -0.2) is 9.97 Å². The third-order valence-corrected chi connectivity index (χ3v) is 6.37. The Morgan fingerprint density at radius 2 is 2.00 bits per heavy atom. The number of carbonyl (C=O) groups excluding carboxylic acids is 2. The number of nitrogens with zero attached hydrogens (tertiary/aromatic N) is 6. The van der Waals surface area contributed by atoms with Crippen molar-refractivity contribution in [2.45, 2.75) is 51.6 Å². The fraction of sp³-hybridized carbons (Fsp3) is 0.360. The summed E-state index contributed by atoms with van der Waals surface area (Å²) in [5.74, 6) is 1.22. The van der Waals surface area contributed by atoms with Crippen LogP contribution in [0.3, 0.4) is 0 Å². The molecule has 33 heavy (non-hydrogen) atoms. The molecule has 8 heteroatoms. The number of fused-ring (bicyclic) bond motifs is 1. The lowest BCUT2D eigenvalue weighted by atomic mass is 9.98. The first-order valence-electron chi connectivity index (χ1n) is 11.4. The summed E-state index contributed by atoms with van der Waals surface area (Å²) >= 11 is 0. The molecule has 0 saturated carbocycles. The van der Waals surface area contributed by atoms with Crippen LogP contribution < -0.4 is 4.90 Å². The standard InChI is InChI=1S/C25H26N6O2/c1-17-20-10-11-22(32)31(16-19-8-2-4-13-27-19)24(20)29-23(28-17)21-9-3-5-14-30(21)25(33)18-7-6-12-26-15-18/h2,4,6-8,12-13,15,21H,3,5,9-11,14,16H2,1H3/t21-/m0/s1. The van der Waals surface area contributed by atoms with E-state index in [1.54, 1.807) is 35.6 Å². The van der Waals surface area contributed by atoms with Gasteiger partial charge in [-0.2, -0.15) is 0 Å². The molecule has 8 nitrogen and oxygen atoms in total. The summed E-state index contributed by atoms with van der Waals surface area (Å²) < 4.78 is 0. The molecule has 5 rings (SSSR count). The number of hydrogen-bond acceptors (Lipinski definition) is 6. The van der Waals surface area contributed by atoms with Gasteiger partial charge in [-0.1, -0.05) is 6.07 Å². The maximum absolute atomic E-state index is 13.3. The van der Waals surface area contributed by atoms with E-state index in [0.717, 1.165) is 36.2 Å². The molecule has 2 aliphatic rings. The summed E-state index contributed by atoms with van der Waals surface area (Å²) in [6, 6.07) is 9.00. The number of hydrogen-bond donors (Lipinski definition) is 0. The van der Waals surface area contributed by atoms with Gasteiger partial charge in [-0.3, -0.25) is 24.5 Å². The van der Waals surface area contributed by atoms with E-state index < -0.39 is 0 Å². The van der Waals surface area contributed by atoms with E-state index in [1.807, 2.05) is 30.0 Å². The van der Waals surface area contributed by atoms with Gasteiger partial charge in [0.05, 0.1) is 23.8 Å². The molecule has 0 bridgehead atoms. The van der Waals surface area contributed by atoms with Crippen LogP contribution >= 0.6 is 0 Å². The molecule has 0 radical (unpaired) electrons. The van der Waals surface area contributed by atoms with Crippen molar-refractivity contribution in [2.24, 2.45) is 0 Å². The minimum Gasteiger partial charge on any atom is -0.328 e. The van der Waals surface area contributed by atoms with Crippen LogP contribution in [-0.2, 0) is 17.8 Å². The van der Waals surface area contributed by atoms with Crippen LogP contribution in [0.25, 0.3) is 0 Å². The SMILES string of the molecule is Cc1nc([C@@H]2CCCCN2C(=O)c2cccnc2)nc2c1CCC(=O)N2Cc1ccccn1. The lowest BCUT2D eigenvalue weighted by molar-refractivity contribution is -0.119. The largest absolute Gasteiger partial charge is 0.328 e. The van der Waals surface area contributed by atoms with E-state index in [2.05, 4.69) is 9.97 Å². The van der Waals surface area contributed by atoms with Crippen molar-refractivity contribution in [1.29, 1.82) is 0 Å². The number of anilines is 1. The van der Waals surface area contributed by atoms with E-state index >= 15 is 0 Å². The molecular formula is C25H26N6O2. The lowest BCUT2D eigenvalue weighted by Crippen LogP contribution is -2.41. The van der Waals surface area contributed by atoms with Gasteiger partial charge in [0.15, 0.2) is 5.82 Å². The van der Waals surface area contributed by atoms with Gasteiger partial charge in [0.1, 0.15) is 5.82 Å². The van der Waals surface area contributed by atoms with E-state index in [-0.39, 0.29) is 17.9 Å². The fourth-order valence-electron chi connectivity index (χ4n) is 4.67. The van der Waals surface area contributed by atoms with Gasteiger partial charge in [-0.05, 0) is 56.9 Å². The topological polar surface area (TPSA) is 92.2 Å². The smallest absolute Gasteiger partial charge is 0.256 e. The number of pyridine rings is 2. The molecule has 1 saturated heterocycles. The van der Waals surface area contributed by atoms with E-state index in [0.29, 0.717) is 43.1 Å². The number of amides is 2. The van der Waals surface area contributed by atoms with Crippen LogP contribution in [0, 0.1) is 6.92 Å². The Balaban J connectivity index is 1.51. The van der Waals surface area contributed by atoms with Gasteiger partial charge in [0.2, 0.25) is 5.91 Å². The summed E-state index contributed by atoms with van der Waals surface area (Å²) in [5, 5.41) is 0. The van der Waals surface area contributed by atoms with Gasteiger partial charge in [-0.15, -0.1) is 0 Å². The van der Waals surface area contributed by atoms with E-state index in [1.165, 1.54) is 0 Å². The first kappa shape index (κ1) is 21.2. The first-order chi connectivity index (χ1) is 16.1. The highest BCUT2D eigenvalue weighted by Crippen LogP contribution is 2.35. The summed E-state index contributed by atoms with van der Waals surface area (Å²) in [5.41, 5.74) is 3.23. The number of aryl methyl sites for hydroxylation is 1. The average Bonchev–Trinajstić information content (AvgIpc) is 2.86. The Kier molecular flexibility index (Phi) is 5.81. The highest BCUT2D eigenvalue weighted by Gasteiger charge is 2.34. The highest BCUT2D eigenvalue weighted by molar-refractivity contribution is 5.95. The minimum atomic E-state index is -0.232. The lowest BCUT2D eigenvalue weighted by Gasteiger charge is -2.36. The van der Waals surface area contributed by atoms with Crippen molar-refractivity contribution < 1.29 is 9.59 Å². The van der Waals surface area contributed by atoms with E-state index in [4.69, 9.17) is 9.97 Å². The van der Waals surface area contributed by atoms with Gasteiger partial charge in [0, 0.05) is 42.8 Å². The molecule has 3 aromatic heterocycles. The molecule has 0 spiro atoms. The van der Waals surface area contributed by atoms with Crippen LogP contribution in [0.15, 0.2) is 48.9 Å². The summed E-state index contributed by atoms with van der Waals surface area (Å²) in [7, 11) is 0. The van der Waals surface area contributed by atoms with Gasteiger partial charge < -0.3 is 4.90 Å². The van der Waals surface area contributed by atoms with Crippen LogP contribution in [0.4, 0.5) is 5.82 Å². The molecule has 2 amide bonds. The molecular weight excluding hydrogens is 416 g/mol. The summed E-state index contributed by atoms with van der Waals surface area (Å²) in [4.78, 5) is 48.0. The molecule has 1 fully saturated rings.